The highest BCUT2D eigenvalue weighted by Gasteiger charge is 2.24. The van der Waals surface area contributed by atoms with E-state index in [-0.39, 0.29) is 5.25 Å². The second kappa shape index (κ2) is 6.71. The third kappa shape index (κ3) is 4.56. The Morgan fingerprint density at radius 3 is 2.53 bits per heavy atom. The van der Waals surface area contributed by atoms with Gasteiger partial charge in [-0.1, -0.05) is 6.92 Å². The fourth-order valence-corrected chi connectivity index (χ4v) is 3.16. The number of hydrogen-bond donors (Lipinski definition) is 1. The quantitative estimate of drug-likeness (QED) is 0.740. The van der Waals surface area contributed by atoms with E-state index in [1.807, 2.05) is 0 Å². The molecule has 0 aromatic rings. The highest BCUT2D eigenvalue weighted by atomic mass is 32.2. The lowest BCUT2D eigenvalue weighted by molar-refractivity contribution is 0.220. The fourth-order valence-electron chi connectivity index (χ4n) is 2.20. The molecule has 0 saturated carbocycles. The summed E-state index contributed by atoms with van der Waals surface area (Å²) in [7, 11) is -2.90. The summed E-state index contributed by atoms with van der Waals surface area (Å²) in [4.78, 5) is 2.33. The molecule has 102 valence electrons. The molecule has 0 bridgehead atoms. The highest BCUT2D eigenvalue weighted by molar-refractivity contribution is 7.92. The molecule has 1 aliphatic heterocycles. The minimum atomic E-state index is -2.90. The van der Waals surface area contributed by atoms with Crippen LogP contribution in [0.15, 0.2) is 0 Å². The van der Waals surface area contributed by atoms with Crippen molar-refractivity contribution in [2.24, 2.45) is 0 Å². The molecule has 1 fully saturated rings. The molecule has 1 heterocycles. The van der Waals surface area contributed by atoms with Crippen molar-refractivity contribution in [2.75, 3.05) is 31.9 Å². The van der Waals surface area contributed by atoms with Gasteiger partial charge in [0.1, 0.15) is 0 Å². The van der Waals surface area contributed by atoms with Crippen LogP contribution in [0.4, 0.5) is 0 Å². The zero-order valence-corrected chi connectivity index (χ0v) is 12.1. The number of hydrogen-bond acceptors (Lipinski definition) is 4. The second-order valence-corrected chi connectivity index (χ2v) is 7.78. The summed E-state index contributed by atoms with van der Waals surface area (Å²) < 4.78 is 23.6. The number of rotatable bonds is 7. The van der Waals surface area contributed by atoms with E-state index < -0.39 is 9.84 Å². The average molecular weight is 262 g/mol. The van der Waals surface area contributed by atoms with Gasteiger partial charge in [0.15, 0.2) is 9.84 Å². The van der Waals surface area contributed by atoms with Gasteiger partial charge in [-0.05, 0) is 39.8 Å². The smallest absolute Gasteiger partial charge is 0.153 e. The Balaban J connectivity index is 2.49. The normalized spacial score (nSPS) is 21.6. The summed E-state index contributed by atoms with van der Waals surface area (Å²) >= 11 is 0. The first-order chi connectivity index (χ1) is 7.97. The minimum Gasteiger partial charge on any atom is -0.315 e. The van der Waals surface area contributed by atoms with Gasteiger partial charge in [-0.3, -0.25) is 4.90 Å². The van der Waals surface area contributed by atoms with Crippen LogP contribution in [0, 0.1) is 0 Å². The van der Waals surface area contributed by atoms with Crippen LogP contribution in [-0.4, -0.2) is 56.5 Å². The van der Waals surface area contributed by atoms with Crippen molar-refractivity contribution < 1.29 is 8.42 Å². The molecular formula is C12H26N2O2S. The standard InChI is InChI=1S/C12H26N2O2S/c1-4-7-14(12-5-6-13-10-12)8-9-17(15,16)11(2)3/h11-13H,4-10H2,1-3H3. The molecule has 0 aromatic heterocycles. The van der Waals surface area contributed by atoms with E-state index in [2.05, 4.69) is 17.1 Å². The molecule has 1 unspecified atom stereocenters. The van der Waals surface area contributed by atoms with Gasteiger partial charge in [0.05, 0.1) is 11.0 Å². The molecule has 5 heteroatoms. The lowest BCUT2D eigenvalue weighted by Crippen LogP contribution is -2.41. The summed E-state index contributed by atoms with van der Waals surface area (Å²) in [6.45, 7) is 9.41. The zero-order chi connectivity index (χ0) is 12.9. The summed E-state index contributed by atoms with van der Waals surface area (Å²) in [6, 6.07) is 0.525. The molecule has 0 amide bonds. The maximum absolute atomic E-state index is 11.8. The predicted molar refractivity (Wildman–Crippen MR) is 72.1 cm³/mol. The van der Waals surface area contributed by atoms with Gasteiger partial charge in [0, 0.05) is 19.1 Å². The maximum Gasteiger partial charge on any atom is 0.153 e. The van der Waals surface area contributed by atoms with Crippen LogP contribution in [-0.2, 0) is 9.84 Å². The minimum absolute atomic E-state index is 0.257. The monoisotopic (exact) mass is 262 g/mol. The molecule has 1 aliphatic rings. The van der Waals surface area contributed by atoms with Gasteiger partial charge < -0.3 is 5.32 Å². The van der Waals surface area contributed by atoms with Crippen LogP contribution in [0.5, 0.6) is 0 Å². The fraction of sp³-hybridized carbons (Fsp3) is 1.00. The molecule has 0 spiro atoms. The van der Waals surface area contributed by atoms with Crippen molar-refractivity contribution in [3.63, 3.8) is 0 Å². The largest absolute Gasteiger partial charge is 0.315 e. The molecule has 1 N–H and O–H groups in total. The Morgan fingerprint density at radius 2 is 2.06 bits per heavy atom. The Labute approximate surface area is 106 Å². The third-order valence-electron chi connectivity index (χ3n) is 3.44. The van der Waals surface area contributed by atoms with Crippen LogP contribution < -0.4 is 5.32 Å². The molecule has 1 saturated heterocycles. The van der Waals surface area contributed by atoms with E-state index in [0.717, 1.165) is 32.5 Å². The summed E-state index contributed by atoms with van der Waals surface area (Å²) in [5.41, 5.74) is 0. The molecule has 17 heavy (non-hydrogen) atoms. The van der Waals surface area contributed by atoms with Crippen LogP contribution in [0.2, 0.25) is 0 Å². The van der Waals surface area contributed by atoms with Gasteiger partial charge in [-0.2, -0.15) is 0 Å². The Bertz CT molecular complexity index is 308. The van der Waals surface area contributed by atoms with Gasteiger partial charge in [0.2, 0.25) is 0 Å². The van der Waals surface area contributed by atoms with E-state index >= 15 is 0 Å². The van der Waals surface area contributed by atoms with Crippen molar-refractivity contribution in [2.45, 2.75) is 44.9 Å². The first kappa shape index (κ1) is 14.9. The SMILES string of the molecule is CCCN(CCS(=O)(=O)C(C)C)C1CCNC1. The second-order valence-electron chi connectivity index (χ2n) is 5.10. The number of nitrogens with one attached hydrogen (secondary N) is 1. The van der Waals surface area contributed by atoms with Gasteiger partial charge in [-0.25, -0.2) is 8.42 Å². The van der Waals surface area contributed by atoms with Crippen molar-refractivity contribution in [3.05, 3.63) is 0 Å². The first-order valence-corrected chi connectivity index (χ1v) is 8.35. The lowest BCUT2D eigenvalue weighted by atomic mass is 10.2. The zero-order valence-electron chi connectivity index (χ0n) is 11.3. The van der Waals surface area contributed by atoms with Gasteiger partial charge in [-0.15, -0.1) is 0 Å². The van der Waals surface area contributed by atoms with Crippen molar-refractivity contribution in [1.82, 2.24) is 10.2 Å². The summed E-state index contributed by atoms with van der Waals surface area (Å²) in [6.07, 6.45) is 2.22. The van der Waals surface area contributed by atoms with Crippen LogP contribution in [0.25, 0.3) is 0 Å². The van der Waals surface area contributed by atoms with Crippen LogP contribution in [0.3, 0.4) is 0 Å². The van der Waals surface area contributed by atoms with Gasteiger partial charge in [0.25, 0.3) is 0 Å². The Kier molecular flexibility index (Phi) is 5.89. The lowest BCUT2D eigenvalue weighted by Gasteiger charge is -2.28. The molecule has 0 radical (unpaired) electrons. The van der Waals surface area contributed by atoms with E-state index in [1.54, 1.807) is 13.8 Å². The van der Waals surface area contributed by atoms with Crippen molar-refractivity contribution >= 4 is 9.84 Å². The van der Waals surface area contributed by atoms with Crippen LogP contribution >= 0.6 is 0 Å². The summed E-state index contributed by atoms with van der Waals surface area (Å²) in [5, 5.41) is 3.08. The molecular weight excluding hydrogens is 236 g/mol. The van der Waals surface area contributed by atoms with Crippen molar-refractivity contribution in [1.29, 1.82) is 0 Å². The van der Waals surface area contributed by atoms with Gasteiger partial charge >= 0.3 is 0 Å². The highest BCUT2D eigenvalue weighted by Crippen LogP contribution is 2.10. The molecule has 1 rings (SSSR count). The first-order valence-electron chi connectivity index (χ1n) is 6.63. The predicted octanol–water partition coefficient (Wildman–Crippen LogP) is 0.884. The van der Waals surface area contributed by atoms with Crippen LogP contribution in [0.1, 0.15) is 33.6 Å². The molecule has 1 atom stereocenters. The molecule has 4 nitrogen and oxygen atoms in total. The Morgan fingerprint density at radius 1 is 1.35 bits per heavy atom. The maximum atomic E-state index is 11.8. The van der Waals surface area contributed by atoms with E-state index in [0.29, 0.717) is 18.3 Å². The molecule has 0 aliphatic carbocycles. The third-order valence-corrected chi connectivity index (χ3v) is 5.63. The molecule has 0 aromatic carbocycles. The van der Waals surface area contributed by atoms with E-state index in [4.69, 9.17) is 0 Å². The average Bonchev–Trinajstić information content (AvgIpc) is 2.77. The number of nitrogens with zero attached hydrogens (tertiary/aromatic N) is 1. The number of sulfone groups is 1. The topological polar surface area (TPSA) is 49.4 Å². The van der Waals surface area contributed by atoms with E-state index in [9.17, 15) is 8.42 Å². The summed E-state index contributed by atoms with van der Waals surface area (Å²) in [5.74, 6) is 0.293. The van der Waals surface area contributed by atoms with Crippen molar-refractivity contribution in [3.8, 4) is 0 Å². The van der Waals surface area contributed by atoms with E-state index in [1.165, 1.54) is 0 Å². The Hall–Kier alpha value is -0.130.